The maximum atomic E-state index is 12.5. The number of hydrogen-bond donors (Lipinski definition) is 2. The molecule has 10 heteroatoms. The number of anilines is 1. The lowest BCUT2D eigenvalue weighted by Crippen LogP contribution is -2.28. The van der Waals surface area contributed by atoms with Gasteiger partial charge >= 0.3 is 6.16 Å². The van der Waals surface area contributed by atoms with Crippen LogP contribution in [0.4, 0.5) is 10.5 Å². The third-order valence-corrected chi connectivity index (χ3v) is 5.04. The zero-order chi connectivity index (χ0) is 25.2. The molecule has 0 aliphatic heterocycles. The number of nitrogens with one attached hydrogen (secondary N) is 2. The monoisotopic (exact) mass is 516 g/mol. The highest BCUT2D eigenvalue weighted by molar-refractivity contribution is 6.35. The minimum Gasteiger partial charge on any atom is -0.482 e. The number of carbonyl (C=O) groups is 3. The van der Waals surface area contributed by atoms with Crippen molar-refractivity contribution in [1.29, 1.82) is 0 Å². The van der Waals surface area contributed by atoms with Crippen LogP contribution in [-0.2, 0) is 16.1 Å². The first-order chi connectivity index (χ1) is 16.8. The van der Waals surface area contributed by atoms with Gasteiger partial charge in [-0.25, -0.2) is 4.79 Å². The summed E-state index contributed by atoms with van der Waals surface area (Å²) in [6.45, 7) is 1.90. The highest BCUT2D eigenvalue weighted by Crippen LogP contribution is 2.27. The minimum absolute atomic E-state index is 0.203. The predicted molar refractivity (Wildman–Crippen MR) is 132 cm³/mol. The zero-order valence-corrected chi connectivity index (χ0v) is 20.2. The summed E-state index contributed by atoms with van der Waals surface area (Å²) in [6.07, 6.45) is -0.811. The van der Waals surface area contributed by atoms with Crippen molar-refractivity contribution in [3.63, 3.8) is 0 Å². The molecular formula is C25H22Cl2N2O6. The van der Waals surface area contributed by atoms with Gasteiger partial charge in [0.05, 0.1) is 11.6 Å². The number of benzene rings is 3. The Hall–Kier alpha value is -3.75. The van der Waals surface area contributed by atoms with E-state index in [2.05, 4.69) is 10.6 Å². The highest BCUT2D eigenvalue weighted by Gasteiger charge is 2.10. The Morgan fingerprint density at radius 1 is 0.943 bits per heavy atom. The maximum absolute atomic E-state index is 12.5. The van der Waals surface area contributed by atoms with Gasteiger partial charge in [-0.15, -0.1) is 0 Å². The molecule has 0 radical (unpaired) electrons. The molecule has 0 saturated heterocycles. The number of carbonyl (C=O) groups excluding carboxylic acids is 3. The number of amides is 2. The maximum Gasteiger partial charge on any atom is 0.513 e. The standard InChI is InChI=1S/C25H22Cl2N2O6/c1-2-33-25(32)35-20-9-6-17(7-10-20)24(31)29-19-5-3-4-16(12-19)14-28-23(30)15-34-22-11-8-18(26)13-21(22)27/h3-13H,2,14-15H2,1H3,(H,28,30)(H,29,31). The third-order valence-electron chi connectivity index (χ3n) is 4.51. The second-order valence-electron chi connectivity index (χ2n) is 7.10. The summed E-state index contributed by atoms with van der Waals surface area (Å²) in [4.78, 5) is 36.0. The molecule has 3 aromatic carbocycles. The molecule has 0 fully saturated rings. The van der Waals surface area contributed by atoms with Crippen LogP contribution in [0.25, 0.3) is 0 Å². The summed E-state index contributed by atoms with van der Waals surface area (Å²) in [5.41, 5.74) is 1.70. The second kappa shape index (κ2) is 12.6. The van der Waals surface area contributed by atoms with E-state index in [9.17, 15) is 14.4 Å². The summed E-state index contributed by atoms with van der Waals surface area (Å²) in [7, 11) is 0. The zero-order valence-electron chi connectivity index (χ0n) is 18.7. The van der Waals surface area contributed by atoms with Gasteiger partial charge in [0.2, 0.25) is 0 Å². The molecule has 0 heterocycles. The summed E-state index contributed by atoms with van der Waals surface area (Å²) < 4.78 is 15.1. The van der Waals surface area contributed by atoms with Gasteiger partial charge in [0.15, 0.2) is 6.61 Å². The SMILES string of the molecule is CCOC(=O)Oc1ccc(C(=O)Nc2cccc(CNC(=O)COc3ccc(Cl)cc3Cl)c2)cc1. The van der Waals surface area contributed by atoms with Gasteiger partial charge in [-0.05, 0) is 67.1 Å². The van der Waals surface area contributed by atoms with E-state index in [4.69, 9.17) is 37.4 Å². The van der Waals surface area contributed by atoms with Gasteiger partial charge < -0.3 is 24.8 Å². The van der Waals surface area contributed by atoms with Crippen LogP contribution in [-0.4, -0.2) is 31.2 Å². The topological polar surface area (TPSA) is 103 Å². The van der Waals surface area contributed by atoms with E-state index >= 15 is 0 Å². The van der Waals surface area contributed by atoms with Crippen molar-refractivity contribution in [2.75, 3.05) is 18.5 Å². The van der Waals surface area contributed by atoms with Crippen molar-refractivity contribution in [2.24, 2.45) is 0 Å². The molecule has 0 unspecified atom stereocenters. The van der Waals surface area contributed by atoms with E-state index in [0.717, 1.165) is 5.56 Å². The van der Waals surface area contributed by atoms with Crippen molar-refractivity contribution < 1.29 is 28.6 Å². The van der Waals surface area contributed by atoms with Crippen molar-refractivity contribution in [3.8, 4) is 11.5 Å². The van der Waals surface area contributed by atoms with Crippen molar-refractivity contribution in [1.82, 2.24) is 5.32 Å². The Morgan fingerprint density at radius 3 is 2.43 bits per heavy atom. The van der Waals surface area contributed by atoms with Crippen molar-refractivity contribution in [2.45, 2.75) is 13.5 Å². The van der Waals surface area contributed by atoms with Gasteiger partial charge in [0.1, 0.15) is 11.5 Å². The predicted octanol–water partition coefficient (Wildman–Crippen LogP) is 5.48. The lowest BCUT2D eigenvalue weighted by atomic mass is 10.1. The molecular weight excluding hydrogens is 495 g/mol. The van der Waals surface area contributed by atoms with Crippen molar-refractivity contribution >= 4 is 46.9 Å². The minimum atomic E-state index is -0.811. The lowest BCUT2D eigenvalue weighted by Gasteiger charge is -2.10. The molecule has 0 aromatic heterocycles. The Morgan fingerprint density at radius 2 is 1.71 bits per heavy atom. The molecule has 0 spiro atoms. The lowest BCUT2D eigenvalue weighted by molar-refractivity contribution is -0.123. The van der Waals surface area contributed by atoms with Gasteiger partial charge in [0, 0.05) is 22.8 Å². The van der Waals surface area contributed by atoms with E-state index in [1.54, 1.807) is 37.3 Å². The molecule has 0 bridgehead atoms. The molecule has 0 atom stereocenters. The van der Waals surface area contributed by atoms with Gasteiger partial charge in [-0.3, -0.25) is 9.59 Å². The summed E-state index contributed by atoms with van der Waals surface area (Å²) in [5, 5.41) is 6.32. The van der Waals surface area contributed by atoms with E-state index in [1.165, 1.54) is 30.3 Å². The fourth-order valence-electron chi connectivity index (χ4n) is 2.87. The smallest absolute Gasteiger partial charge is 0.482 e. The molecule has 35 heavy (non-hydrogen) atoms. The molecule has 2 N–H and O–H groups in total. The van der Waals surface area contributed by atoms with Crippen LogP contribution < -0.4 is 20.1 Å². The molecule has 3 aromatic rings. The summed E-state index contributed by atoms with van der Waals surface area (Å²) in [5.74, 6) is -0.0610. The van der Waals surface area contributed by atoms with Crippen LogP contribution in [0.15, 0.2) is 66.7 Å². The molecule has 182 valence electrons. The van der Waals surface area contributed by atoms with Crippen LogP contribution in [0.1, 0.15) is 22.8 Å². The number of halogens is 2. The van der Waals surface area contributed by atoms with Crippen LogP contribution in [0.2, 0.25) is 10.0 Å². The van der Waals surface area contributed by atoms with Crippen molar-refractivity contribution in [3.05, 3.63) is 87.9 Å². The third kappa shape index (κ3) is 8.20. The van der Waals surface area contributed by atoms with Crippen LogP contribution in [0.3, 0.4) is 0 Å². The second-order valence-corrected chi connectivity index (χ2v) is 7.95. The highest BCUT2D eigenvalue weighted by atomic mass is 35.5. The van der Waals surface area contributed by atoms with Crippen LogP contribution >= 0.6 is 23.2 Å². The fourth-order valence-corrected chi connectivity index (χ4v) is 3.33. The first-order valence-corrected chi connectivity index (χ1v) is 11.3. The average Bonchev–Trinajstić information content (AvgIpc) is 2.83. The molecule has 0 aliphatic rings. The van der Waals surface area contributed by atoms with E-state index in [-0.39, 0.29) is 37.3 Å². The molecule has 8 nitrogen and oxygen atoms in total. The van der Waals surface area contributed by atoms with E-state index in [1.807, 2.05) is 6.07 Å². The molecule has 0 aliphatic carbocycles. The Balaban J connectivity index is 1.49. The van der Waals surface area contributed by atoms with Gasteiger partial charge in [-0.2, -0.15) is 0 Å². The van der Waals surface area contributed by atoms with Gasteiger partial charge in [0.25, 0.3) is 11.8 Å². The van der Waals surface area contributed by atoms with Gasteiger partial charge in [-0.1, -0.05) is 35.3 Å². The molecule has 2 amide bonds. The van der Waals surface area contributed by atoms with Crippen LogP contribution in [0, 0.1) is 0 Å². The quantitative estimate of drug-likeness (QED) is 0.288. The normalized spacial score (nSPS) is 10.3. The summed E-state index contributed by atoms with van der Waals surface area (Å²) in [6, 6.07) is 17.8. The first-order valence-electron chi connectivity index (χ1n) is 10.5. The summed E-state index contributed by atoms with van der Waals surface area (Å²) >= 11 is 11.9. The average molecular weight is 517 g/mol. The van der Waals surface area contributed by atoms with E-state index < -0.39 is 6.16 Å². The van der Waals surface area contributed by atoms with Crippen LogP contribution in [0.5, 0.6) is 11.5 Å². The number of ether oxygens (including phenoxy) is 3. The number of hydrogen-bond acceptors (Lipinski definition) is 6. The first kappa shape index (κ1) is 25.9. The van der Waals surface area contributed by atoms with E-state index in [0.29, 0.717) is 27.0 Å². The largest absolute Gasteiger partial charge is 0.513 e. The molecule has 0 saturated carbocycles. The Bertz CT molecular complexity index is 1200. The Kier molecular flexibility index (Phi) is 9.34. The molecule has 3 rings (SSSR count). The Labute approximate surface area is 212 Å². The number of rotatable bonds is 9. The fraction of sp³-hybridized carbons (Fsp3) is 0.160.